The molecule has 1 aliphatic carbocycles. The van der Waals surface area contributed by atoms with Crippen molar-refractivity contribution in [2.75, 3.05) is 46.0 Å². The Labute approximate surface area is 174 Å². The van der Waals surface area contributed by atoms with Crippen molar-refractivity contribution in [1.82, 2.24) is 15.5 Å². The van der Waals surface area contributed by atoms with Gasteiger partial charge in [-0.3, -0.25) is 4.99 Å². The molecule has 1 saturated carbocycles. The van der Waals surface area contributed by atoms with Gasteiger partial charge in [-0.2, -0.15) is 0 Å². The Bertz CT molecular complexity index is 425. The lowest BCUT2D eigenvalue weighted by atomic mass is 10.1. The first-order valence-corrected chi connectivity index (χ1v) is 9.77. The van der Waals surface area contributed by atoms with Gasteiger partial charge in [0.1, 0.15) is 0 Å². The molecule has 0 bridgehead atoms. The van der Waals surface area contributed by atoms with Gasteiger partial charge in [0.25, 0.3) is 0 Å². The van der Waals surface area contributed by atoms with Crippen molar-refractivity contribution >= 4 is 36.0 Å². The fourth-order valence-electron chi connectivity index (χ4n) is 2.83. The predicted molar refractivity (Wildman–Crippen MR) is 114 cm³/mol. The third kappa shape index (κ3) is 9.25. The van der Waals surface area contributed by atoms with Crippen LogP contribution in [0.4, 0.5) is 4.79 Å². The minimum Gasteiger partial charge on any atom is -0.450 e. The SMILES string of the molecule is CCNC(=NCCCOCC1CC1)NC1CCN(C(=O)OCC)CC1.I. The molecule has 0 aromatic rings. The van der Waals surface area contributed by atoms with Crippen LogP contribution in [0.2, 0.25) is 0 Å². The van der Waals surface area contributed by atoms with Crippen LogP contribution in [0.25, 0.3) is 0 Å². The fourth-order valence-corrected chi connectivity index (χ4v) is 2.83. The van der Waals surface area contributed by atoms with Crippen molar-refractivity contribution in [3.8, 4) is 0 Å². The number of nitrogens with zero attached hydrogens (tertiary/aromatic N) is 2. The molecule has 1 aliphatic heterocycles. The number of hydrogen-bond donors (Lipinski definition) is 2. The van der Waals surface area contributed by atoms with E-state index in [1.807, 2.05) is 6.92 Å². The van der Waals surface area contributed by atoms with Gasteiger partial charge in [0.15, 0.2) is 5.96 Å². The van der Waals surface area contributed by atoms with Crippen LogP contribution < -0.4 is 10.6 Å². The largest absolute Gasteiger partial charge is 0.450 e. The molecule has 0 aromatic heterocycles. The number of piperidine rings is 1. The van der Waals surface area contributed by atoms with Gasteiger partial charge in [0.05, 0.1) is 6.61 Å². The third-order valence-corrected chi connectivity index (χ3v) is 4.47. The monoisotopic (exact) mass is 482 g/mol. The highest BCUT2D eigenvalue weighted by Gasteiger charge is 2.24. The molecule has 0 radical (unpaired) electrons. The maximum atomic E-state index is 11.7. The van der Waals surface area contributed by atoms with Crippen molar-refractivity contribution < 1.29 is 14.3 Å². The Morgan fingerprint density at radius 3 is 2.54 bits per heavy atom. The van der Waals surface area contributed by atoms with E-state index in [0.717, 1.165) is 70.5 Å². The van der Waals surface area contributed by atoms with Gasteiger partial charge >= 0.3 is 6.09 Å². The molecular weight excluding hydrogens is 447 g/mol. The Balaban J connectivity index is 0.00000338. The van der Waals surface area contributed by atoms with Gasteiger partial charge in [-0.1, -0.05) is 0 Å². The molecule has 8 heteroatoms. The summed E-state index contributed by atoms with van der Waals surface area (Å²) < 4.78 is 10.7. The number of rotatable bonds is 9. The van der Waals surface area contributed by atoms with Crippen molar-refractivity contribution in [2.45, 2.75) is 52.0 Å². The van der Waals surface area contributed by atoms with Gasteiger partial charge in [0, 0.05) is 45.4 Å². The summed E-state index contributed by atoms with van der Waals surface area (Å²) in [4.78, 5) is 18.2. The average molecular weight is 482 g/mol. The summed E-state index contributed by atoms with van der Waals surface area (Å²) in [6.45, 7) is 9.10. The van der Waals surface area contributed by atoms with Gasteiger partial charge in [-0.15, -0.1) is 24.0 Å². The molecule has 0 aromatic carbocycles. The van der Waals surface area contributed by atoms with Crippen molar-refractivity contribution in [1.29, 1.82) is 0 Å². The van der Waals surface area contributed by atoms with Crippen molar-refractivity contribution in [2.24, 2.45) is 10.9 Å². The molecule has 2 N–H and O–H groups in total. The minimum atomic E-state index is -0.201. The maximum Gasteiger partial charge on any atom is 0.409 e. The van der Waals surface area contributed by atoms with Crippen molar-refractivity contribution in [3.63, 3.8) is 0 Å². The lowest BCUT2D eigenvalue weighted by Crippen LogP contribution is -2.49. The predicted octanol–water partition coefficient (Wildman–Crippen LogP) is 2.60. The number of carbonyl (C=O) groups is 1. The van der Waals surface area contributed by atoms with E-state index in [9.17, 15) is 4.79 Å². The van der Waals surface area contributed by atoms with E-state index in [-0.39, 0.29) is 30.1 Å². The number of nitrogens with one attached hydrogen (secondary N) is 2. The molecule has 2 aliphatic rings. The first kappa shape index (κ1) is 23.3. The number of guanidine groups is 1. The zero-order chi connectivity index (χ0) is 17.9. The van der Waals surface area contributed by atoms with E-state index in [1.165, 1.54) is 12.8 Å². The summed E-state index contributed by atoms with van der Waals surface area (Å²) in [6, 6.07) is 0.342. The first-order chi connectivity index (χ1) is 12.2. The highest BCUT2D eigenvalue weighted by molar-refractivity contribution is 14.0. The summed E-state index contributed by atoms with van der Waals surface area (Å²) in [6.07, 6.45) is 5.24. The number of aliphatic imine (C=N–C) groups is 1. The Morgan fingerprint density at radius 1 is 1.19 bits per heavy atom. The second-order valence-corrected chi connectivity index (χ2v) is 6.74. The highest BCUT2D eigenvalue weighted by atomic mass is 127. The standard InChI is InChI=1S/C18H34N4O3.HI/c1-3-19-17(20-10-5-13-24-14-15-6-7-15)21-16-8-11-22(12-9-16)18(23)25-4-2;/h15-16H,3-14H2,1-2H3,(H2,19,20,21);1H. The summed E-state index contributed by atoms with van der Waals surface area (Å²) in [5, 5.41) is 6.78. The van der Waals surface area contributed by atoms with E-state index in [4.69, 9.17) is 9.47 Å². The van der Waals surface area contributed by atoms with E-state index in [1.54, 1.807) is 4.90 Å². The molecule has 0 spiro atoms. The summed E-state index contributed by atoms with van der Waals surface area (Å²) in [5.74, 6) is 1.68. The van der Waals surface area contributed by atoms with Crippen LogP contribution in [0, 0.1) is 5.92 Å². The molecule has 0 atom stereocenters. The van der Waals surface area contributed by atoms with Crippen LogP contribution >= 0.6 is 24.0 Å². The number of likely N-dealkylation sites (tertiary alicyclic amines) is 1. The highest BCUT2D eigenvalue weighted by Crippen LogP contribution is 2.28. The van der Waals surface area contributed by atoms with Gasteiger partial charge in [-0.25, -0.2) is 4.79 Å². The van der Waals surface area contributed by atoms with Crippen LogP contribution in [0.1, 0.15) is 46.0 Å². The zero-order valence-electron chi connectivity index (χ0n) is 16.2. The maximum absolute atomic E-state index is 11.7. The van der Waals surface area contributed by atoms with Gasteiger partial charge in [0.2, 0.25) is 0 Å². The van der Waals surface area contributed by atoms with Crippen LogP contribution in [-0.2, 0) is 9.47 Å². The van der Waals surface area contributed by atoms with Gasteiger partial charge in [-0.05, 0) is 51.9 Å². The van der Waals surface area contributed by atoms with E-state index < -0.39 is 0 Å². The normalized spacial score (nSPS) is 18.2. The van der Waals surface area contributed by atoms with Gasteiger partial charge < -0.3 is 25.0 Å². The minimum absolute atomic E-state index is 0. The molecule has 2 fully saturated rings. The molecule has 26 heavy (non-hydrogen) atoms. The average Bonchev–Trinajstić information content (AvgIpc) is 3.43. The lowest BCUT2D eigenvalue weighted by Gasteiger charge is -2.32. The number of carbonyl (C=O) groups excluding carboxylic acids is 1. The summed E-state index contributed by atoms with van der Waals surface area (Å²) in [5.41, 5.74) is 0. The molecule has 0 unspecified atom stereocenters. The Hall–Kier alpha value is -0.770. The molecule has 1 amide bonds. The molecule has 1 saturated heterocycles. The molecular formula is C18H35IN4O3. The van der Waals surface area contributed by atoms with Crippen LogP contribution in [0.3, 0.4) is 0 Å². The smallest absolute Gasteiger partial charge is 0.409 e. The van der Waals surface area contributed by atoms with E-state index >= 15 is 0 Å². The Morgan fingerprint density at radius 2 is 1.92 bits per heavy atom. The first-order valence-electron chi connectivity index (χ1n) is 9.77. The van der Waals surface area contributed by atoms with E-state index in [0.29, 0.717) is 12.6 Å². The van der Waals surface area contributed by atoms with Crippen LogP contribution in [0.5, 0.6) is 0 Å². The fraction of sp³-hybridized carbons (Fsp3) is 0.889. The Kier molecular flexibility index (Phi) is 12.0. The number of amides is 1. The van der Waals surface area contributed by atoms with Crippen molar-refractivity contribution in [3.05, 3.63) is 0 Å². The molecule has 2 rings (SSSR count). The third-order valence-electron chi connectivity index (χ3n) is 4.47. The second-order valence-electron chi connectivity index (χ2n) is 6.74. The quantitative estimate of drug-likeness (QED) is 0.229. The summed E-state index contributed by atoms with van der Waals surface area (Å²) >= 11 is 0. The molecule has 7 nitrogen and oxygen atoms in total. The van der Waals surface area contributed by atoms with E-state index in [2.05, 4.69) is 22.5 Å². The number of ether oxygens (including phenoxy) is 2. The number of halogens is 1. The lowest BCUT2D eigenvalue weighted by molar-refractivity contribution is 0.0963. The summed E-state index contributed by atoms with van der Waals surface area (Å²) in [7, 11) is 0. The topological polar surface area (TPSA) is 75.2 Å². The molecule has 1 heterocycles. The van der Waals surface area contributed by atoms with Crippen LogP contribution in [0.15, 0.2) is 4.99 Å². The zero-order valence-corrected chi connectivity index (χ0v) is 18.5. The van der Waals surface area contributed by atoms with Crippen LogP contribution in [-0.4, -0.2) is 69.0 Å². The number of hydrogen-bond acceptors (Lipinski definition) is 4. The second kappa shape index (κ2) is 13.4. The molecule has 152 valence electrons.